The van der Waals surface area contributed by atoms with E-state index in [0.717, 1.165) is 21.9 Å². The number of amides is 2. The largest absolute Gasteiger partial charge is 0.352 e. The number of anilines is 1. The highest BCUT2D eigenvalue weighted by atomic mass is 35.5. The van der Waals surface area contributed by atoms with Crippen molar-refractivity contribution in [2.45, 2.75) is 64.6 Å². The second-order valence-corrected chi connectivity index (χ2v) is 12.6. The van der Waals surface area contributed by atoms with Crippen molar-refractivity contribution < 1.29 is 18.0 Å². The van der Waals surface area contributed by atoms with Gasteiger partial charge in [0.2, 0.25) is 11.8 Å². The molecule has 0 saturated carbocycles. The Morgan fingerprint density at radius 2 is 1.55 bits per heavy atom. The molecule has 3 rings (SSSR count). The molecular weight excluding hydrogens is 569 g/mol. The molecule has 0 aliphatic carbocycles. The predicted molar refractivity (Wildman–Crippen MR) is 161 cm³/mol. The third kappa shape index (κ3) is 7.56. The quantitative estimate of drug-likeness (QED) is 0.285. The molecule has 214 valence electrons. The summed E-state index contributed by atoms with van der Waals surface area (Å²) in [5, 5.41) is 3.83. The van der Waals surface area contributed by atoms with Gasteiger partial charge < -0.3 is 10.2 Å². The highest BCUT2D eigenvalue weighted by Crippen LogP contribution is 2.31. The molecule has 0 bridgehead atoms. The van der Waals surface area contributed by atoms with E-state index in [1.54, 1.807) is 68.4 Å². The van der Waals surface area contributed by atoms with Crippen LogP contribution in [0, 0.1) is 13.8 Å². The normalized spacial score (nSPS) is 12.9. The van der Waals surface area contributed by atoms with Crippen molar-refractivity contribution in [1.29, 1.82) is 0 Å². The maximum absolute atomic E-state index is 14.0. The summed E-state index contributed by atoms with van der Waals surface area (Å²) >= 11 is 12.4. The van der Waals surface area contributed by atoms with E-state index in [4.69, 9.17) is 23.2 Å². The lowest BCUT2D eigenvalue weighted by atomic mass is 10.1. The summed E-state index contributed by atoms with van der Waals surface area (Å²) in [6, 6.07) is 17.3. The standard InChI is InChI=1S/C30H35Cl2N3O4S/c1-6-21(3)33-30(37)23(5)34(18-24-12-14-25(31)15-13-24)29(36)19-35(28-9-7-8-27(32)22(28)4)40(38,39)26-16-10-20(2)11-17-26/h7-17,21,23H,6,18-19H2,1-5H3,(H,33,37). The van der Waals surface area contributed by atoms with E-state index < -0.39 is 28.5 Å². The first-order valence-corrected chi connectivity index (χ1v) is 15.2. The Balaban J connectivity index is 2.06. The summed E-state index contributed by atoms with van der Waals surface area (Å²) in [6.45, 7) is 8.58. The van der Waals surface area contributed by atoms with Crippen LogP contribution in [0.25, 0.3) is 0 Å². The Kier molecular flexibility index (Phi) is 10.6. The molecule has 3 aromatic carbocycles. The van der Waals surface area contributed by atoms with Crippen LogP contribution in [0.15, 0.2) is 71.6 Å². The third-order valence-electron chi connectivity index (χ3n) is 6.83. The van der Waals surface area contributed by atoms with Crippen molar-refractivity contribution in [3.8, 4) is 0 Å². The predicted octanol–water partition coefficient (Wildman–Crippen LogP) is 6.14. The number of benzene rings is 3. The lowest BCUT2D eigenvalue weighted by Gasteiger charge is -2.33. The van der Waals surface area contributed by atoms with Crippen molar-refractivity contribution in [3.05, 3.63) is 93.5 Å². The van der Waals surface area contributed by atoms with E-state index >= 15 is 0 Å². The number of carbonyl (C=O) groups is 2. The van der Waals surface area contributed by atoms with Crippen LogP contribution in [-0.4, -0.2) is 43.8 Å². The fourth-order valence-corrected chi connectivity index (χ4v) is 5.82. The summed E-state index contributed by atoms with van der Waals surface area (Å²) in [7, 11) is -4.18. The van der Waals surface area contributed by atoms with Crippen molar-refractivity contribution >= 4 is 50.7 Å². The first-order chi connectivity index (χ1) is 18.8. The average molecular weight is 605 g/mol. The fraction of sp³-hybridized carbons (Fsp3) is 0.333. The first kappa shape index (κ1) is 31.5. The smallest absolute Gasteiger partial charge is 0.264 e. The second-order valence-electron chi connectivity index (χ2n) is 9.85. The monoisotopic (exact) mass is 603 g/mol. The van der Waals surface area contributed by atoms with Crippen LogP contribution in [-0.2, 0) is 26.2 Å². The molecule has 7 nitrogen and oxygen atoms in total. The molecule has 0 saturated heterocycles. The van der Waals surface area contributed by atoms with Gasteiger partial charge in [-0.2, -0.15) is 0 Å². The molecule has 2 unspecified atom stereocenters. The topological polar surface area (TPSA) is 86.8 Å². The number of carbonyl (C=O) groups excluding carboxylic acids is 2. The molecule has 3 aromatic rings. The van der Waals surface area contributed by atoms with Gasteiger partial charge in [-0.05, 0) is 81.6 Å². The summed E-state index contributed by atoms with van der Waals surface area (Å²) in [6.07, 6.45) is 0.722. The number of sulfonamides is 1. The lowest BCUT2D eigenvalue weighted by Crippen LogP contribution is -2.52. The number of aryl methyl sites for hydroxylation is 1. The Hall–Kier alpha value is -3.07. The molecule has 0 heterocycles. The van der Waals surface area contributed by atoms with Crippen molar-refractivity contribution in [2.24, 2.45) is 0 Å². The van der Waals surface area contributed by atoms with Crippen LogP contribution < -0.4 is 9.62 Å². The highest BCUT2D eigenvalue weighted by molar-refractivity contribution is 7.92. The highest BCUT2D eigenvalue weighted by Gasteiger charge is 2.33. The number of hydrogen-bond acceptors (Lipinski definition) is 4. The average Bonchev–Trinajstić information content (AvgIpc) is 2.92. The molecule has 0 spiro atoms. The molecule has 0 aromatic heterocycles. The van der Waals surface area contributed by atoms with Crippen molar-refractivity contribution in [1.82, 2.24) is 10.2 Å². The van der Waals surface area contributed by atoms with Crippen LogP contribution in [0.1, 0.15) is 43.9 Å². The van der Waals surface area contributed by atoms with Crippen LogP contribution >= 0.6 is 23.2 Å². The van der Waals surface area contributed by atoms with Crippen LogP contribution in [0.5, 0.6) is 0 Å². The van der Waals surface area contributed by atoms with Gasteiger partial charge in [-0.25, -0.2) is 8.42 Å². The minimum Gasteiger partial charge on any atom is -0.352 e. The van der Waals surface area contributed by atoms with Crippen LogP contribution in [0.3, 0.4) is 0 Å². The van der Waals surface area contributed by atoms with Crippen LogP contribution in [0.2, 0.25) is 10.0 Å². The zero-order valence-electron chi connectivity index (χ0n) is 23.3. The third-order valence-corrected chi connectivity index (χ3v) is 9.27. The maximum atomic E-state index is 14.0. The van der Waals surface area contributed by atoms with Crippen LogP contribution in [0.4, 0.5) is 5.69 Å². The van der Waals surface area contributed by atoms with Gasteiger partial charge in [-0.1, -0.05) is 66.0 Å². The van der Waals surface area contributed by atoms with E-state index in [9.17, 15) is 18.0 Å². The number of halogens is 2. The number of nitrogens with one attached hydrogen (secondary N) is 1. The van der Waals surface area contributed by atoms with Crippen molar-refractivity contribution in [2.75, 3.05) is 10.8 Å². The summed E-state index contributed by atoms with van der Waals surface area (Å²) < 4.78 is 29.0. The molecule has 10 heteroatoms. The van der Waals surface area contributed by atoms with Gasteiger partial charge in [0.05, 0.1) is 10.6 Å². The van der Waals surface area contributed by atoms with E-state index in [1.807, 2.05) is 20.8 Å². The second kappa shape index (κ2) is 13.5. The molecule has 1 N–H and O–H groups in total. The molecule has 40 heavy (non-hydrogen) atoms. The van der Waals surface area contributed by atoms with Gasteiger partial charge in [0.15, 0.2) is 0 Å². The Morgan fingerprint density at radius 3 is 2.15 bits per heavy atom. The SMILES string of the molecule is CCC(C)NC(=O)C(C)N(Cc1ccc(Cl)cc1)C(=O)CN(c1cccc(Cl)c1C)S(=O)(=O)c1ccc(C)cc1. The minimum absolute atomic E-state index is 0.0390. The number of hydrogen-bond donors (Lipinski definition) is 1. The molecule has 0 fully saturated rings. The van der Waals surface area contributed by atoms with Gasteiger partial charge in [0.25, 0.3) is 10.0 Å². The van der Waals surface area contributed by atoms with E-state index in [1.165, 1.54) is 17.0 Å². The van der Waals surface area contributed by atoms with Gasteiger partial charge >= 0.3 is 0 Å². The Bertz CT molecular complexity index is 1440. The summed E-state index contributed by atoms with van der Waals surface area (Å²) in [4.78, 5) is 28.6. The summed E-state index contributed by atoms with van der Waals surface area (Å²) in [5.41, 5.74) is 2.44. The number of rotatable bonds is 11. The Labute approximate surface area is 247 Å². The van der Waals surface area contributed by atoms with Gasteiger partial charge in [0, 0.05) is 22.6 Å². The van der Waals surface area contributed by atoms with E-state index in [0.29, 0.717) is 15.6 Å². The van der Waals surface area contributed by atoms with E-state index in [2.05, 4.69) is 5.32 Å². The Morgan fingerprint density at radius 1 is 0.925 bits per heavy atom. The molecule has 0 aliphatic heterocycles. The lowest BCUT2D eigenvalue weighted by molar-refractivity contribution is -0.139. The van der Waals surface area contributed by atoms with Crippen molar-refractivity contribution in [3.63, 3.8) is 0 Å². The van der Waals surface area contributed by atoms with Gasteiger partial charge in [0.1, 0.15) is 12.6 Å². The summed E-state index contributed by atoms with van der Waals surface area (Å²) in [5.74, 6) is -0.875. The zero-order valence-corrected chi connectivity index (χ0v) is 25.6. The molecule has 0 aliphatic rings. The van der Waals surface area contributed by atoms with E-state index in [-0.39, 0.29) is 29.1 Å². The van der Waals surface area contributed by atoms with Gasteiger partial charge in [-0.15, -0.1) is 0 Å². The molecule has 2 atom stereocenters. The van der Waals surface area contributed by atoms with Gasteiger partial charge in [-0.3, -0.25) is 13.9 Å². The first-order valence-electron chi connectivity index (χ1n) is 13.0. The minimum atomic E-state index is -4.18. The number of nitrogens with zero attached hydrogens (tertiary/aromatic N) is 2. The fourth-order valence-electron chi connectivity index (χ4n) is 4.05. The molecular formula is C30H35Cl2N3O4S. The molecule has 0 radical (unpaired) electrons. The zero-order chi connectivity index (χ0) is 29.6. The molecule has 2 amide bonds. The maximum Gasteiger partial charge on any atom is 0.264 e.